The Morgan fingerprint density at radius 3 is 2.74 bits per heavy atom. The SMILES string of the molecule is COc1ccc(OC)c(-c2nc3sc(C)cn3c2/C=C2/C(=O)Nc3ccc(O)cc32)c1. The lowest BCUT2D eigenvalue weighted by Crippen LogP contribution is -2.04. The van der Waals surface area contributed by atoms with Gasteiger partial charge in [-0.15, -0.1) is 11.3 Å². The van der Waals surface area contributed by atoms with E-state index in [1.54, 1.807) is 49.8 Å². The summed E-state index contributed by atoms with van der Waals surface area (Å²) in [5, 5.41) is 12.8. The lowest BCUT2D eigenvalue weighted by Gasteiger charge is -2.10. The van der Waals surface area contributed by atoms with Crippen molar-refractivity contribution in [2.24, 2.45) is 0 Å². The highest BCUT2D eigenvalue weighted by Crippen LogP contribution is 2.40. The minimum atomic E-state index is -0.231. The van der Waals surface area contributed by atoms with Crippen LogP contribution in [0.2, 0.25) is 0 Å². The number of phenolic OH excluding ortho intramolecular Hbond substituents is 1. The van der Waals surface area contributed by atoms with E-state index in [1.165, 1.54) is 0 Å². The van der Waals surface area contributed by atoms with E-state index in [0.29, 0.717) is 34.0 Å². The third-order valence-electron chi connectivity index (χ3n) is 5.21. The molecule has 0 fully saturated rings. The number of thiazole rings is 1. The van der Waals surface area contributed by atoms with Crippen molar-refractivity contribution in [1.29, 1.82) is 0 Å². The van der Waals surface area contributed by atoms with E-state index in [0.717, 1.165) is 21.1 Å². The van der Waals surface area contributed by atoms with Crippen molar-refractivity contribution < 1.29 is 19.4 Å². The van der Waals surface area contributed by atoms with Crippen molar-refractivity contribution in [3.05, 3.63) is 58.7 Å². The van der Waals surface area contributed by atoms with Crippen LogP contribution in [0.25, 0.3) is 27.9 Å². The van der Waals surface area contributed by atoms with Crippen LogP contribution in [0.15, 0.2) is 42.6 Å². The lowest BCUT2D eigenvalue weighted by molar-refractivity contribution is -0.110. The smallest absolute Gasteiger partial charge is 0.256 e. The van der Waals surface area contributed by atoms with Gasteiger partial charge in [-0.1, -0.05) is 0 Å². The molecule has 4 aromatic rings. The van der Waals surface area contributed by atoms with Gasteiger partial charge >= 0.3 is 0 Å². The molecule has 7 nitrogen and oxygen atoms in total. The molecule has 3 heterocycles. The molecule has 0 unspecified atom stereocenters. The van der Waals surface area contributed by atoms with Crippen LogP contribution in [0.3, 0.4) is 0 Å². The van der Waals surface area contributed by atoms with Gasteiger partial charge in [0.05, 0.1) is 25.5 Å². The molecule has 0 radical (unpaired) electrons. The molecule has 0 saturated carbocycles. The second-order valence-corrected chi connectivity index (χ2v) is 8.36. The van der Waals surface area contributed by atoms with Crippen LogP contribution in [0.5, 0.6) is 17.2 Å². The quantitative estimate of drug-likeness (QED) is 0.363. The predicted molar refractivity (Wildman–Crippen MR) is 121 cm³/mol. The number of carbonyl (C=O) groups is 1. The summed E-state index contributed by atoms with van der Waals surface area (Å²) in [5.41, 5.74) is 3.95. The number of anilines is 1. The maximum atomic E-state index is 12.7. The minimum absolute atomic E-state index is 0.0978. The summed E-state index contributed by atoms with van der Waals surface area (Å²) in [6, 6.07) is 10.4. The van der Waals surface area contributed by atoms with Crippen molar-refractivity contribution in [2.45, 2.75) is 6.92 Å². The molecule has 2 N–H and O–H groups in total. The Hall–Kier alpha value is -3.78. The number of aryl methyl sites for hydroxylation is 1. The van der Waals surface area contributed by atoms with Crippen LogP contribution >= 0.6 is 11.3 Å². The van der Waals surface area contributed by atoms with E-state index in [1.807, 2.05) is 35.7 Å². The monoisotopic (exact) mass is 433 g/mol. The molecule has 8 heteroatoms. The summed E-state index contributed by atoms with van der Waals surface area (Å²) in [7, 11) is 3.21. The summed E-state index contributed by atoms with van der Waals surface area (Å²) >= 11 is 1.56. The fourth-order valence-electron chi connectivity index (χ4n) is 3.76. The number of methoxy groups -OCH3 is 2. The van der Waals surface area contributed by atoms with Gasteiger partial charge in [-0.2, -0.15) is 0 Å². The molecule has 0 atom stereocenters. The summed E-state index contributed by atoms with van der Waals surface area (Å²) in [6.45, 7) is 2.01. The zero-order valence-corrected chi connectivity index (χ0v) is 17.9. The molecule has 5 rings (SSSR count). The second-order valence-electron chi connectivity index (χ2n) is 7.15. The van der Waals surface area contributed by atoms with Crippen LogP contribution in [-0.4, -0.2) is 34.6 Å². The summed E-state index contributed by atoms with van der Waals surface area (Å²) in [4.78, 5) is 19.5. The number of hydrogen-bond acceptors (Lipinski definition) is 6. The highest BCUT2D eigenvalue weighted by atomic mass is 32.1. The van der Waals surface area contributed by atoms with Crippen molar-refractivity contribution >= 4 is 39.5 Å². The van der Waals surface area contributed by atoms with E-state index in [4.69, 9.17) is 14.5 Å². The van der Waals surface area contributed by atoms with Gasteiger partial charge in [0.15, 0.2) is 4.96 Å². The van der Waals surface area contributed by atoms with Crippen LogP contribution in [0.1, 0.15) is 16.1 Å². The van der Waals surface area contributed by atoms with Gasteiger partial charge in [-0.3, -0.25) is 9.20 Å². The number of fused-ring (bicyclic) bond motifs is 2. The van der Waals surface area contributed by atoms with E-state index in [-0.39, 0.29) is 11.7 Å². The Morgan fingerprint density at radius 2 is 1.97 bits per heavy atom. The maximum absolute atomic E-state index is 12.7. The molecular formula is C23H19N3O4S. The number of aromatic nitrogens is 2. The number of rotatable bonds is 4. The standard InChI is InChI=1S/C23H19N3O4S/c1-12-11-26-19(10-16-15-8-13(27)4-6-18(15)24-22(16)28)21(25-23(26)31-12)17-9-14(29-2)5-7-20(17)30-3/h4-11,27H,1-3H3,(H,24,28)/b16-10+. The Morgan fingerprint density at radius 1 is 1.13 bits per heavy atom. The molecule has 2 aromatic carbocycles. The number of amides is 1. The molecule has 1 amide bonds. The van der Waals surface area contributed by atoms with Gasteiger partial charge in [-0.25, -0.2) is 4.98 Å². The molecule has 1 aliphatic rings. The van der Waals surface area contributed by atoms with Crippen LogP contribution < -0.4 is 14.8 Å². The van der Waals surface area contributed by atoms with E-state index in [9.17, 15) is 9.90 Å². The number of nitrogens with one attached hydrogen (secondary N) is 1. The van der Waals surface area contributed by atoms with Gasteiger partial charge in [-0.05, 0) is 49.4 Å². The first-order valence-corrected chi connectivity index (χ1v) is 10.4. The van der Waals surface area contributed by atoms with Gasteiger partial charge in [0, 0.05) is 27.9 Å². The highest BCUT2D eigenvalue weighted by Gasteiger charge is 2.27. The number of phenols is 1. The molecule has 0 bridgehead atoms. The average Bonchev–Trinajstić information content (AvgIpc) is 3.38. The first kappa shape index (κ1) is 19.2. The number of imidazole rings is 1. The summed E-state index contributed by atoms with van der Waals surface area (Å²) in [5.74, 6) is 1.19. The number of hydrogen-bond donors (Lipinski definition) is 2. The number of nitrogens with zero attached hydrogens (tertiary/aromatic N) is 2. The van der Waals surface area contributed by atoms with E-state index >= 15 is 0 Å². The Labute approximate surface area is 182 Å². The van der Waals surface area contributed by atoms with Crippen molar-refractivity contribution in [3.63, 3.8) is 0 Å². The number of carbonyl (C=O) groups excluding carboxylic acids is 1. The Kier molecular flexibility index (Phi) is 4.44. The van der Waals surface area contributed by atoms with Gasteiger partial charge < -0.3 is 19.9 Å². The molecular weight excluding hydrogens is 414 g/mol. The first-order valence-electron chi connectivity index (χ1n) is 9.56. The number of ether oxygens (including phenoxy) is 2. The second kappa shape index (κ2) is 7.17. The van der Waals surface area contributed by atoms with Crippen LogP contribution in [0.4, 0.5) is 5.69 Å². The summed E-state index contributed by atoms with van der Waals surface area (Å²) in [6.07, 6.45) is 3.80. The molecule has 0 saturated heterocycles. The van der Waals surface area contributed by atoms with Gasteiger partial charge in [0.25, 0.3) is 5.91 Å². The third kappa shape index (κ3) is 3.12. The minimum Gasteiger partial charge on any atom is -0.508 e. The zero-order valence-electron chi connectivity index (χ0n) is 17.1. The fraction of sp³-hybridized carbons (Fsp3) is 0.130. The molecule has 31 heavy (non-hydrogen) atoms. The Balaban J connectivity index is 1.78. The van der Waals surface area contributed by atoms with Crippen molar-refractivity contribution in [2.75, 3.05) is 19.5 Å². The molecule has 156 valence electrons. The summed E-state index contributed by atoms with van der Waals surface area (Å²) < 4.78 is 13.0. The molecule has 2 aromatic heterocycles. The van der Waals surface area contributed by atoms with Crippen molar-refractivity contribution in [1.82, 2.24) is 9.38 Å². The number of aromatic hydroxyl groups is 1. The lowest BCUT2D eigenvalue weighted by atomic mass is 10.0. The number of benzene rings is 2. The molecule has 0 spiro atoms. The first-order chi connectivity index (χ1) is 15.0. The molecule has 1 aliphatic heterocycles. The van der Waals surface area contributed by atoms with Crippen LogP contribution in [0, 0.1) is 6.92 Å². The predicted octanol–water partition coefficient (Wildman–Crippen LogP) is 4.59. The highest BCUT2D eigenvalue weighted by molar-refractivity contribution is 7.17. The van der Waals surface area contributed by atoms with Crippen LogP contribution in [-0.2, 0) is 4.79 Å². The molecule has 0 aliphatic carbocycles. The van der Waals surface area contributed by atoms with Gasteiger partial charge in [0.2, 0.25) is 0 Å². The van der Waals surface area contributed by atoms with Crippen molar-refractivity contribution in [3.8, 4) is 28.5 Å². The topological polar surface area (TPSA) is 85.1 Å². The normalized spacial score (nSPS) is 14.2. The van der Waals surface area contributed by atoms with E-state index in [2.05, 4.69) is 5.32 Å². The maximum Gasteiger partial charge on any atom is 0.256 e. The van der Waals surface area contributed by atoms with Gasteiger partial charge in [0.1, 0.15) is 22.9 Å². The Bertz CT molecular complexity index is 1380. The zero-order chi connectivity index (χ0) is 21.7. The largest absolute Gasteiger partial charge is 0.508 e. The van der Waals surface area contributed by atoms with E-state index < -0.39 is 0 Å². The average molecular weight is 433 g/mol. The third-order valence-corrected chi connectivity index (χ3v) is 6.11. The fourth-order valence-corrected chi connectivity index (χ4v) is 4.60.